The first-order valence-corrected chi connectivity index (χ1v) is 8.48. The average molecular weight is 307 g/mol. The monoisotopic (exact) mass is 307 g/mol. The van der Waals surface area contributed by atoms with Crippen LogP contribution in [0.5, 0.6) is 0 Å². The Kier molecular flexibility index (Phi) is 5.67. The quantitative estimate of drug-likeness (QED) is 0.634. The fraction of sp³-hybridized carbons (Fsp3) is 0.500. The van der Waals surface area contributed by atoms with E-state index in [1.54, 1.807) is 11.8 Å². The first kappa shape index (κ1) is 15.9. The van der Waals surface area contributed by atoms with Gasteiger partial charge >= 0.3 is 5.97 Å². The van der Waals surface area contributed by atoms with Gasteiger partial charge in [0.05, 0.1) is 12.5 Å². The van der Waals surface area contributed by atoms with E-state index >= 15 is 0 Å². The van der Waals surface area contributed by atoms with Crippen LogP contribution in [-0.2, 0) is 9.53 Å². The summed E-state index contributed by atoms with van der Waals surface area (Å²) in [6, 6.07) is 7.66. The molecule has 1 amide bonds. The molecule has 21 heavy (non-hydrogen) atoms. The van der Waals surface area contributed by atoms with Crippen molar-refractivity contribution < 1.29 is 14.3 Å². The van der Waals surface area contributed by atoms with Crippen molar-refractivity contribution in [2.24, 2.45) is 5.92 Å². The van der Waals surface area contributed by atoms with Crippen molar-refractivity contribution in [1.29, 1.82) is 0 Å². The molecule has 1 fully saturated rings. The zero-order valence-electron chi connectivity index (χ0n) is 12.5. The molecule has 1 aromatic carbocycles. The van der Waals surface area contributed by atoms with Crippen LogP contribution in [0.1, 0.15) is 30.1 Å². The number of nitrogens with zero attached hydrogens (tertiary/aromatic N) is 1. The van der Waals surface area contributed by atoms with Gasteiger partial charge in [-0.1, -0.05) is 0 Å². The molecule has 1 aliphatic heterocycles. The SMILES string of the molecule is CCOC(=O)C1CCN(C(=O)c2ccc(SC)cc2)CC1. The predicted octanol–water partition coefficient (Wildman–Crippen LogP) is 2.82. The van der Waals surface area contributed by atoms with Crippen LogP contribution < -0.4 is 0 Å². The molecule has 1 aliphatic rings. The minimum Gasteiger partial charge on any atom is -0.466 e. The minimum atomic E-state index is -0.131. The largest absolute Gasteiger partial charge is 0.466 e. The molecule has 0 radical (unpaired) electrons. The number of esters is 1. The van der Waals surface area contributed by atoms with Crippen LogP contribution in [0.25, 0.3) is 0 Å². The van der Waals surface area contributed by atoms with E-state index in [-0.39, 0.29) is 17.8 Å². The zero-order valence-corrected chi connectivity index (χ0v) is 13.3. The molecule has 0 saturated carbocycles. The van der Waals surface area contributed by atoms with Gasteiger partial charge in [-0.2, -0.15) is 0 Å². The third kappa shape index (κ3) is 4.00. The van der Waals surface area contributed by atoms with Crippen molar-refractivity contribution in [1.82, 2.24) is 4.90 Å². The van der Waals surface area contributed by atoms with Crippen molar-refractivity contribution >= 4 is 23.6 Å². The number of amides is 1. The van der Waals surface area contributed by atoms with Gasteiger partial charge in [0, 0.05) is 23.5 Å². The lowest BCUT2D eigenvalue weighted by Crippen LogP contribution is -2.40. The molecule has 4 nitrogen and oxygen atoms in total. The number of carbonyl (C=O) groups is 2. The van der Waals surface area contributed by atoms with Gasteiger partial charge in [0.25, 0.3) is 5.91 Å². The van der Waals surface area contributed by atoms with Crippen LogP contribution in [0.4, 0.5) is 0 Å². The highest BCUT2D eigenvalue weighted by molar-refractivity contribution is 7.98. The summed E-state index contributed by atoms with van der Waals surface area (Å²) in [6.45, 7) is 3.47. The molecule has 2 rings (SSSR count). The normalized spacial score (nSPS) is 15.8. The molecule has 0 unspecified atom stereocenters. The van der Waals surface area contributed by atoms with Gasteiger partial charge in [-0.3, -0.25) is 9.59 Å². The highest BCUT2D eigenvalue weighted by Gasteiger charge is 2.28. The summed E-state index contributed by atoms with van der Waals surface area (Å²) in [6.07, 6.45) is 3.39. The second kappa shape index (κ2) is 7.50. The van der Waals surface area contributed by atoms with E-state index in [0.29, 0.717) is 38.1 Å². The lowest BCUT2D eigenvalue weighted by molar-refractivity contribution is -0.149. The third-order valence-electron chi connectivity index (χ3n) is 3.74. The molecule has 0 atom stereocenters. The highest BCUT2D eigenvalue weighted by Crippen LogP contribution is 2.21. The highest BCUT2D eigenvalue weighted by atomic mass is 32.2. The van der Waals surface area contributed by atoms with Crippen molar-refractivity contribution in [3.63, 3.8) is 0 Å². The van der Waals surface area contributed by atoms with Gasteiger partial charge in [-0.25, -0.2) is 0 Å². The van der Waals surface area contributed by atoms with E-state index in [2.05, 4.69) is 0 Å². The Hall–Kier alpha value is -1.49. The number of rotatable bonds is 4. The Bertz CT molecular complexity index is 493. The van der Waals surface area contributed by atoms with E-state index in [1.165, 1.54) is 0 Å². The van der Waals surface area contributed by atoms with Gasteiger partial charge in [0.2, 0.25) is 0 Å². The fourth-order valence-electron chi connectivity index (χ4n) is 2.49. The summed E-state index contributed by atoms with van der Waals surface area (Å²) in [5.74, 6) is -0.147. The van der Waals surface area contributed by atoms with E-state index in [0.717, 1.165) is 4.90 Å². The van der Waals surface area contributed by atoms with Crippen LogP contribution in [0.15, 0.2) is 29.2 Å². The predicted molar refractivity (Wildman–Crippen MR) is 83.5 cm³/mol. The summed E-state index contributed by atoms with van der Waals surface area (Å²) in [5, 5.41) is 0. The lowest BCUT2D eigenvalue weighted by Gasteiger charge is -2.31. The number of hydrogen-bond donors (Lipinski definition) is 0. The van der Waals surface area contributed by atoms with Crippen molar-refractivity contribution in [3.8, 4) is 0 Å². The molecular formula is C16H21NO3S. The van der Waals surface area contributed by atoms with E-state index in [9.17, 15) is 9.59 Å². The maximum atomic E-state index is 12.4. The first-order valence-electron chi connectivity index (χ1n) is 7.25. The second-order valence-electron chi connectivity index (χ2n) is 5.05. The molecule has 0 bridgehead atoms. The lowest BCUT2D eigenvalue weighted by atomic mass is 9.96. The van der Waals surface area contributed by atoms with Crippen molar-refractivity contribution in [3.05, 3.63) is 29.8 Å². The maximum absolute atomic E-state index is 12.4. The Morgan fingerprint density at radius 3 is 2.38 bits per heavy atom. The van der Waals surface area contributed by atoms with Crippen LogP contribution in [0.2, 0.25) is 0 Å². The van der Waals surface area contributed by atoms with Crippen molar-refractivity contribution in [2.75, 3.05) is 26.0 Å². The number of piperidine rings is 1. The number of benzene rings is 1. The van der Waals surface area contributed by atoms with Crippen LogP contribution in [0, 0.1) is 5.92 Å². The minimum absolute atomic E-state index is 0.0463. The zero-order chi connectivity index (χ0) is 15.2. The van der Waals surface area contributed by atoms with Gasteiger partial charge in [-0.05, 0) is 50.3 Å². The summed E-state index contributed by atoms with van der Waals surface area (Å²) in [7, 11) is 0. The van der Waals surface area contributed by atoms with E-state index in [1.807, 2.05) is 42.3 Å². The number of carbonyl (C=O) groups excluding carboxylic acids is 2. The number of hydrogen-bond acceptors (Lipinski definition) is 4. The Labute approximate surface area is 129 Å². The Balaban J connectivity index is 1.92. The summed E-state index contributed by atoms with van der Waals surface area (Å²) < 4.78 is 5.04. The molecule has 1 aromatic rings. The summed E-state index contributed by atoms with van der Waals surface area (Å²) in [5.41, 5.74) is 0.711. The first-order chi connectivity index (χ1) is 10.2. The molecule has 0 spiro atoms. The summed E-state index contributed by atoms with van der Waals surface area (Å²) >= 11 is 1.66. The van der Waals surface area contributed by atoms with Crippen molar-refractivity contribution in [2.45, 2.75) is 24.7 Å². The molecule has 0 aromatic heterocycles. The smallest absolute Gasteiger partial charge is 0.309 e. The Morgan fingerprint density at radius 1 is 1.24 bits per heavy atom. The van der Waals surface area contributed by atoms with Crippen LogP contribution in [-0.4, -0.2) is 42.7 Å². The number of thioether (sulfide) groups is 1. The molecule has 114 valence electrons. The fourth-order valence-corrected chi connectivity index (χ4v) is 2.90. The number of likely N-dealkylation sites (tertiary alicyclic amines) is 1. The second-order valence-corrected chi connectivity index (χ2v) is 5.93. The molecule has 5 heteroatoms. The molecule has 0 aliphatic carbocycles. The molecular weight excluding hydrogens is 286 g/mol. The molecule has 1 saturated heterocycles. The van der Waals surface area contributed by atoms with Gasteiger partial charge in [0.15, 0.2) is 0 Å². The average Bonchev–Trinajstić information content (AvgIpc) is 2.54. The standard InChI is InChI=1S/C16H21NO3S/c1-3-20-16(19)13-8-10-17(11-9-13)15(18)12-4-6-14(21-2)7-5-12/h4-7,13H,3,8-11H2,1-2H3. The molecule has 1 heterocycles. The van der Waals surface area contributed by atoms with Crippen LogP contribution in [0.3, 0.4) is 0 Å². The van der Waals surface area contributed by atoms with Gasteiger partial charge in [-0.15, -0.1) is 11.8 Å². The maximum Gasteiger partial charge on any atom is 0.309 e. The van der Waals surface area contributed by atoms with Gasteiger partial charge in [0.1, 0.15) is 0 Å². The summed E-state index contributed by atoms with van der Waals surface area (Å²) in [4.78, 5) is 27.1. The Morgan fingerprint density at radius 2 is 1.86 bits per heavy atom. The van der Waals surface area contributed by atoms with E-state index < -0.39 is 0 Å². The third-order valence-corrected chi connectivity index (χ3v) is 4.48. The topological polar surface area (TPSA) is 46.6 Å². The molecule has 0 N–H and O–H groups in total. The van der Waals surface area contributed by atoms with Gasteiger partial charge < -0.3 is 9.64 Å². The number of ether oxygens (including phenoxy) is 1. The van der Waals surface area contributed by atoms with E-state index in [4.69, 9.17) is 4.74 Å². The van der Waals surface area contributed by atoms with Crippen LogP contribution >= 0.6 is 11.8 Å².